The van der Waals surface area contributed by atoms with Crippen LogP contribution in [0.4, 0.5) is 4.79 Å². The van der Waals surface area contributed by atoms with E-state index in [1.807, 2.05) is 61.5 Å². The van der Waals surface area contributed by atoms with E-state index in [1.54, 1.807) is 23.1 Å². The molecule has 1 aliphatic heterocycles. The molecule has 1 saturated heterocycles. The van der Waals surface area contributed by atoms with E-state index in [4.69, 9.17) is 14.5 Å². The van der Waals surface area contributed by atoms with Crippen LogP contribution >= 0.6 is 23.1 Å². The fourth-order valence-electron chi connectivity index (χ4n) is 5.48. The van der Waals surface area contributed by atoms with Crippen LogP contribution in [0, 0.1) is 5.92 Å². The number of hydrogen-bond donors (Lipinski definition) is 3. The number of nitrogens with zero attached hydrogens (tertiary/aromatic N) is 1. The first-order chi connectivity index (χ1) is 22.0. The molecular weight excluding hydrogens is 603 g/mol. The predicted molar refractivity (Wildman–Crippen MR) is 181 cm³/mol. The van der Waals surface area contributed by atoms with E-state index >= 15 is 0 Å². The first kappa shape index (κ1) is 31.3. The molecular formula is C36H37N3O4S2. The number of para-hydroxylation sites is 1. The van der Waals surface area contributed by atoms with Gasteiger partial charge in [-0.2, -0.15) is 0 Å². The first-order valence-corrected chi connectivity index (χ1v) is 17.0. The highest BCUT2D eigenvalue weighted by atomic mass is 32.2. The van der Waals surface area contributed by atoms with Gasteiger partial charge in [-0.25, -0.2) is 9.78 Å². The van der Waals surface area contributed by atoms with E-state index < -0.39 is 6.29 Å². The maximum atomic E-state index is 11.8. The van der Waals surface area contributed by atoms with Crippen LogP contribution in [-0.4, -0.2) is 34.5 Å². The number of amides is 2. The second-order valence-electron chi connectivity index (χ2n) is 11.1. The first-order valence-electron chi connectivity index (χ1n) is 15.2. The number of urea groups is 1. The molecule has 1 aliphatic rings. The van der Waals surface area contributed by atoms with Gasteiger partial charge in [-0.1, -0.05) is 97.5 Å². The fraction of sp³-hybridized carbons (Fsp3) is 0.278. The highest BCUT2D eigenvalue weighted by molar-refractivity contribution is 8.01. The van der Waals surface area contributed by atoms with Crippen LogP contribution in [0.25, 0.3) is 21.3 Å². The van der Waals surface area contributed by atoms with Gasteiger partial charge in [0.15, 0.2) is 10.6 Å². The van der Waals surface area contributed by atoms with Crippen molar-refractivity contribution in [1.82, 2.24) is 15.6 Å². The van der Waals surface area contributed by atoms with Crippen molar-refractivity contribution in [2.45, 2.75) is 49.8 Å². The minimum absolute atomic E-state index is 0.00842. The molecule has 1 aromatic heterocycles. The number of carbonyl (C=O) groups excluding carboxylic acids is 1. The van der Waals surface area contributed by atoms with Gasteiger partial charge in [0.1, 0.15) is 0 Å². The molecule has 2 heterocycles. The van der Waals surface area contributed by atoms with Crippen LogP contribution < -0.4 is 10.6 Å². The molecule has 0 radical (unpaired) electrons. The Balaban J connectivity index is 1.20. The summed E-state index contributed by atoms with van der Waals surface area (Å²) in [5.41, 5.74) is 7.08. The Kier molecular flexibility index (Phi) is 10.1. The number of aromatic nitrogens is 1. The lowest BCUT2D eigenvalue weighted by molar-refractivity contribution is -0.268. The second-order valence-corrected chi connectivity index (χ2v) is 13.4. The maximum absolute atomic E-state index is 11.8. The Morgan fingerprint density at radius 3 is 2.42 bits per heavy atom. The standard InChI is InChI=1S/C36H37N3O4S2/c1-3-37-35(41)38-20-25-7-6-8-29(19-25)26-15-17-28(18-16-26)34-42-31(22-44-36-39-30-9-4-5-10-32(30)45-36)23(2)33(43-34)27-13-11-24(21-40)12-14-27/h4-19,23,31,33-34,40H,3,20-22H2,1-2H3,(H2,37,38,41)/t23-,31+,33+,34+/m1/s1. The zero-order valence-corrected chi connectivity index (χ0v) is 26.9. The van der Waals surface area contributed by atoms with Gasteiger partial charge in [0.05, 0.1) is 29.0 Å². The summed E-state index contributed by atoms with van der Waals surface area (Å²) < 4.78 is 15.5. The van der Waals surface area contributed by atoms with Crippen LogP contribution in [0.5, 0.6) is 0 Å². The second kappa shape index (κ2) is 14.6. The molecule has 4 aromatic carbocycles. The minimum atomic E-state index is -0.536. The summed E-state index contributed by atoms with van der Waals surface area (Å²) in [7, 11) is 0. The van der Waals surface area contributed by atoms with E-state index in [9.17, 15) is 9.90 Å². The van der Waals surface area contributed by atoms with Crippen molar-refractivity contribution in [2.24, 2.45) is 5.92 Å². The number of aliphatic hydroxyl groups is 1. The number of nitrogens with one attached hydrogen (secondary N) is 2. The van der Waals surface area contributed by atoms with Gasteiger partial charge in [-0.15, -0.1) is 11.3 Å². The average Bonchev–Trinajstić information content (AvgIpc) is 3.50. The third-order valence-corrected chi connectivity index (χ3v) is 10.3. The van der Waals surface area contributed by atoms with Crippen LogP contribution in [-0.2, 0) is 22.6 Å². The van der Waals surface area contributed by atoms with Gasteiger partial charge in [-0.3, -0.25) is 0 Å². The Morgan fingerprint density at radius 2 is 1.67 bits per heavy atom. The summed E-state index contributed by atoms with van der Waals surface area (Å²) in [4.78, 5) is 16.7. The Labute approximate surface area is 272 Å². The Morgan fingerprint density at radius 1 is 0.889 bits per heavy atom. The average molecular weight is 640 g/mol. The molecule has 45 heavy (non-hydrogen) atoms. The van der Waals surface area contributed by atoms with Crippen molar-refractivity contribution >= 4 is 39.3 Å². The van der Waals surface area contributed by atoms with Crippen LogP contribution in [0.3, 0.4) is 0 Å². The third kappa shape index (κ3) is 7.57. The highest BCUT2D eigenvalue weighted by Gasteiger charge is 2.38. The summed E-state index contributed by atoms with van der Waals surface area (Å²) in [6.07, 6.45) is -0.783. The van der Waals surface area contributed by atoms with Crippen molar-refractivity contribution in [2.75, 3.05) is 12.3 Å². The minimum Gasteiger partial charge on any atom is -0.392 e. The normalized spacial score (nSPS) is 19.8. The number of thiazole rings is 1. The number of hydrogen-bond acceptors (Lipinski definition) is 7. The van der Waals surface area contributed by atoms with Crippen molar-refractivity contribution in [3.63, 3.8) is 0 Å². The summed E-state index contributed by atoms with van der Waals surface area (Å²) in [5.74, 6) is 0.847. The number of carbonyl (C=O) groups is 1. The predicted octanol–water partition coefficient (Wildman–Crippen LogP) is 7.86. The molecule has 0 aliphatic carbocycles. The molecule has 0 saturated carbocycles. The van der Waals surface area contributed by atoms with Crippen molar-refractivity contribution in [3.05, 3.63) is 119 Å². The zero-order chi connectivity index (χ0) is 31.2. The Bertz CT molecular complexity index is 1690. The van der Waals surface area contributed by atoms with Crippen molar-refractivity contribution in [1.29, 1.82) is 0 Å². The molecule has 5 aromatic rings. The van der Waals surface area contributed by atoms with Crippen LogP contribution in [0.15, 0.2) is 101 Å². The zero-order valence-electron chi connectivity index (χ0n) is 25.3. The van der Waals surface area contributed by atoms with Gasteiger partial charge in [0.25, 0.3) is 0 Å². The van der Waals surface area contributed by atoms with Gasteiger partial charge >= 0.3 is 6.03 Å². The highest BCUT2D eigenvalue weighted by Crippen LogP contribution is 2.43. The topological polar surface area (TPSA) is 92.7 Å². The smallest absolute Gasteiger partial charge is 0.315 e. The lowest BCUT2D eigenvalue weighted by atomic mass is 9.91. The Hall–Kier alpha value is -3.73. The SMILES string of the molecule is CCNC(=O)NCc1cccc(-c2ccc([C@H]3O[C@@H](CSc4nc5ccccc5s4)[C@@H](C)[C@@H](c4ccc(CO)cc4)O3)cc2)c1. The molecule has 7 nitrogen and oxygen atoms in total. The van der Waals surface area contributed by atoms with E-state index in [0.717, 1.165) is 49.0 Å². The van der Waals surface area contributed by atoms with Crippen molar-refractivity contribution < 1.29 is 19.4 Å². The molecule has 0 bridgehead atoms. The van der Waals surface area contributed by atoms with Gasteiger partial charge in [0.2, 0.25) is 0 Å². The number of aliphatic hydroxyl groups excluding tert-OH is 1. The monoisotopic (exact) mass is 639 g/mol. The summed E-state index contributed by atoms with van der Waals surface area (Å²) in [5, 5.41) is 15.2. The quantitative estimate of drug-likeness (QED) is 0.135. The van der Waals surface area contributed by atoms with Crippen molar-refractivity contribution in [3.8, 4) is 11.1 Å². The van der Waals surface area contributed by atoms with Gasteiger partial charge < -0.3 is 25.2 Å². The van der Waals surface area contributed by atoms with Gasteiger partial charge in [-0.05, 0) is 52.9 Å². The molecule has 4 atom stereocenters. The van der Waals surface area contributed by atoms with Crippen LogP contribution in [0.2, 0.25) is 0 Å². The van der Waals surface area contributed by atoms with E-state index in [0.29, 0.717) is 13.1 Å². The third-order valence-electron chi connectivity index (χ3n) is 8.00. The van der Waals surface area contributed by atoms with E-state index in [-0.39, 0.29) is 30.8 Å². The molecule has 232 valence electrons. The summed E-state index contributed by atoms with van der Waals surface area (Å²) in [6.45, 7) is 5.13. The molecule has 0 unspecified atom stereocenters. The molecule has 3 N–H and O–H groups in total. The number of fused-ring (bicyclic) bond motifs is 1. The molecule has 2 amide bonds. The largest absolute Gasteiger partial charge is 0.392 e. The molecule has 6 rings (SSSR count). The van der Waals surface area contributed by atoms with E-state index in [2.05, 4.69) is 60.0 Å². The van der Waals surface area contributed by atoms with Crippen LogP contribution in [0.1, 0.15) is 48.5 Å². The number of benzene rings is 4. The molecule has 9 heteroatoms. The fourth-order valence-corrected chi connectivity index (χ4v) is 7.73. The molecule has 0 spiro atoms. The van der Waals surface area contributed by atoms with E-state index in [1.165, 1.54) is 4.70 Å². The number of ether oxygens (including phenoxy) is 2. The number of rotatable bonds is 10. The molecule has 1 fully saturated rings. The summed E-state index contributed by atoms with van der Waals surface area (Å²) >= 11 is 3.44. The lowest BCUT2D eigenvalue weighted by Crippen LogP contribution is -2.38. The van der Waals surface area contributed by atoms with Gasteiger partial charge in [0, 0.05) is 30.3 Å². The lowest BCUT2D eigenvalue weighted by Gasteiger charge is -2.41. The summed E-state index contributed by atoms with van der Waals surface area (Å²) in [6, 6.07) is 32.5. The number of thioether (sulfide) groups is 1. The maximum Gasteiger partial charge on any atom is 0.315 e.